The van der Waals surface area contributed by atoms with Crippen LogP contribution in [-0.2, 0) is 6.42 Å². The summed E-state index contributed by atoms with van der Waals surface area (Å²) in [6.45, 7) is 0. The number of methoxy groups -OCH3 is 3. The van der Waals surface area contributed by atoms with E-state index in [0.717, 1.165) is 35.5 Å². The highest BCUT2D eigenvalue weighted by Gasteiger charge is 2.24. The quantitative estimate of drug-likeness (QED) is 0.936. The van der Waals surface area contributed by atoms with Gasteiger partial charge in [0.2, 0.25) is 5.75 Å². The van der Waals surface area contributed by atoms with Gasteiger partial charge in [0, 0.05) is 6.07 Å². The third-order valence-corrected chi connectivity index (χ3v) is 4.07. The molecule has 2 aromatic rings. The summed E-state index contributed by atoms with van der Waals surface area (Å²) in [4.78, 5) is 0. The van der Waals surface area contributed by atoms with Crippen molar-refractivity contribution in [3.8, 4) is 28.7 Å². The lowest BCUT2D eigenvalue weighted by Gasteiger charge is -2.27. The topological polar surface area (TPSA) is 57.2 Å². The minimum Gasteiger partial charge on any atom is -0.504 e. The van der Waals surface area contributed by atoms with E-state index in [1.807, 2.05) is 24.3 Å². The van der Waals surface area contributed by atoms with Crippen LogP contribution in [0.15, 0.2) is 30.3 Å². The first kappa shape index (κ1) is 15.3. The van der Waals surface area contributed by atoms with Gasteiger partial charge in [0.05, 0.1) is 21.3 Å². The molecule has 1 unspecified atom stereocenters. The second-order valence-electron chi connectivity index (χ2n) is 5.39. The van der Waals surface area contributed by atoms with Gasteiger partial charge in [-0.2, -0.15) is 0 Å². The van der Waals surface area contributed by atoms with Crippen molar-refractivity contribution in [2.24, 2.45) is 0 Å². The van der Waals surface area contributed by atoms with E-state index in [4.69, 9.17) is 18.9 Å². The lowest BCUT2D eigenvalue weighted by Crippen LogP contribution is -2.15. The third-order valence-electron chi connectivity index (χ3n) is 4.07. The van der Waals surface area contributed by atoms with Gasteiger partial charge in [0.25, 0.3) is 0 Å². The molecule has 1 aliphatic heterocycles. The Morgan fingerprint density at radius 3 is 2.57 bits per heavy atom. The van der Waals surface area contributed by atoms with Crippen LogP contribution in [0.1, 0.15) is 23.7 Å². The average molecular weight is 316 g/mol. The van der Waals surface area contributed by atoms with Crippen molar-refractivity contribution in [3.05, 3.63) is 41.5 Å². The number of rotatable bonds is 4. The zero-order valence-electron chi connectivity index (χ0n) is 13.5. The van der Waals surface area contributed by atoms with Crippen LogP contribution in [0.25, 0.3) is 0 Å². The van der Waals surface area contributed by atoms with Crippen LogP contribution in [0.3, 0.4) is 0 Å². The van der Waals surface area contributed by atoms with Gasteiger partial charge in [-0.25, -0.2) is 0 Å². The molecule has 1 heterocycles. The summed E-state index contributed by atoms with van der Waals surface area (Å²) in [5.74, 6) is 2.44. The average Bonchev–Trinajstić information content (AvgIpc) is 2.59. The molecule has 5 heteroatoms. The molecule has 0 aliphatic carbocycles. The standard InChI is InChI=1S/C18H20O5/c1-20-13-6-4-11-5-7-15(23-16(11)10-13)12-8-14(19)18(22-3)17(9-12)21-2/h4,6,8-10,15,19H,5,7H2,1-3H3. The number of benzene rings is 2. The fourth-order valence-electron chi connectivity index (χ4n) is 2.86. The number of aromatic hydroxyl groups is 1. The monoisotopic (exact) mass is 316 g/mol. The van der Waals surface area contributed by atoms with Gasteiger partial charge >= 0.3 is 0 Å². The Kier molecular flexibility index (Phi) is 4.19. The predicted molar refractivity (Wildman–Crippen MR) is 85.9 cm³/mol. The highest BCUT2D eigenvalue weighted by atomic mass is 16.5. The maximum absolute atomic E-state index is 10.1. The molecule has 0 bridgehead atoms. The fourth-order valence-corrected chi connectivity index (χ4v) is 2.86. The Balaban J connectivity index is 1.92. The first-order valence-corrected chi connectivity index (χ1v) is 7.44. The fraction of sp³-hybridized carbons (Fsp3) is 0.333. The molecular formula is C18H20O5. The molecule has 1 N–H and O–H groups in total. The maximum atomic E-state index is 10.1. The van der Waals surface area contributed by atoms with E-state index in [1.54, 1.807) is 20.3 Å². The molecule has 0 saturated carbocycles. The van der Waals surface area contributed by atoms with Gasteiger partial charge < -0.3 is 24.1 Å². The molecule has 0 fully saturated rings. The molecule has 0 spiro atoms. The van der Waals surface area contributed by atoms with Crippen LogP contribution >= 0.6 is 0 Å². The van der Waals surface area contributed by atoms with Crippen LogP contribution in [0.2, 0.25) is 0 Å². The van der Waals surface area contributed by atoms with Crippen LogP contribution in [0.4, 0.5) is 0 Å². The largest absolute Gasteiger partial charge is 0.504 e. The van der Waals surface area contributed by atoms with Gasteiger partial charge in [-0.3, -0.25) is 0 Å². The Bertz CT molecular complexity index is 711. The zero-order valence-corrected chi connectivity index (χ0v) is 13.5. The predicted octanol–water partition coefficient (Wildman–Crippen LogP) is 3.48. The van der Waals surface area contributed by atoms with Crippen LogP contribution < -0.4 is 18.9 Å². The normalized spacial score (nSPS) is 16.2. The molecule has 122 valence electrons. The van der Waals surface area contributed by atoms with Crippen LogP contribution in [0, 0.1) is 0 Å². The van der Waals surface area contributed by atoms with E-state index in [-0.39, 0.29) is 11.9 Å². The van der Waals surface area contributed by atoms with Crippen molar-refractivity contribution >= 4 is 0 Å². The van der Waals surface area contributed by atoms with Crippen LogP contribution in [-0.4, -0.2) is 26.4 Å². The van der Waals surface area contributed by atoms with Gasteiger partial charge in [-0.05, 0) is 42.2 Å². The molecule has 23 heavy (non-hydrogen) atoms. The third kappa shape index (κ3) is 2.86. The second kappa shape index (κ2) is 6.28. The first-order valence-electron chi connectivity index (χ1n) is 7.44. The molecule has 1 atom stereocenters. The minimum absolute atomic E-state index is 0.0434. The molecular weight excluding hydrogens is 296 g/mol. The van der Waals surface area contributed by atoms with E-state index in [9.17, 15) is 5.11 Å². The summed E-state index contributed by atoms with van der Waals surface area (Å²) < 4.78 is 21.8. The van der Waals surface area contributed by atoms with E-state index in [2.05, 4.69) is 0 Å². The number of ether oxygens (including phenoxy) is 4. The van der Waals surface area contributed by atoms with E-state index in [0.29, 0.717) is 11.5 Å². The van der Waals surface area contributed by atoms with E-state index >= 15 is 0 Å². The van der Waals surface area contributed by atoms with E-state index < -0.39 is 0 Å². The number of hydrogen-bond donors (Lipinski definition) is 1. The maximum Gasteiger partial charge on any atom is 0.203 e. The molecule has 0 radical (unpaired) electrons. The van der Waals surface area contributed by atoms with E-state index in [1.165, 1.54) is 7.11 Å². The molecule has 5 nitrogen and oxygen atoms in total. The molecule has 0 amide bonds. The van der Waals surface area contributed by atoms with Crippen molar-refractivity contribution < 1.29 is 24.1 Å². The van der Waals surface area contributed by atoms with Crippen molar-refractivity contribution in [1.82, 2.24) is 0 Å². The smallest absolute Gasteiger partial charge is 0.203 e. The number of phenols is 1. The number of fused-ring (bicyclic) bond motifs is 1. The summed E-state index contributed by atoms with van der Waals surface area (Å²) in [7, 11) is 4.67. The van der Waals surface area contributed by atoms with Gasteiger partial charge in [0.15, 0.2) is 11.5 Å². The van der Waals surface area contributed by atoms with Crippen molar-refractivity contribution in [3.63, 3.8) is 0 Å². The molecule has 2 aromatic carbocycles. The van der Waals surface area contributed by atoms with Crippen molar-refractivity contribution in [1.29, 1.82) is 0 Å². The lowest BCUT2D eigenvalue weighted by atomic mass is 9.97. The lowest BCUT2D eigenvalue weighted by molar-refractivity contribution is 0.175. The summed E-state index contributed by atoms with van der Waals surface area (Å²) in [5, 5.41) is 10.1. The van der Waals surface area contributed by atoms with Crippen LogP contribution in [0.5, 0.6) is 28.7 Å². The van der Waals surface area contributed by atoms with Crippen molar-refractivity contribution in [2.75, 3.05) is 21.3 Å². The van der Waals surface area contributed by atoms with Gasteiger partial charge in [0.1, 0.15) is 17.6 Å². The number of aryl methyl sites for hydroxylation is 1. The summed E-state index contributed by atoms with van der Waals surface area (Å²) >= 11 is 0. The van der Waals surface area contributed by atoms with Crippen molar-refractivity contribution in [2.45, 2.75) is 18.9 Å². The Morgan fingerprint density at radius 1 is 1.04 bits per heavy atom. The second-order valence-corrected chi connectivity index (χ2v) is 5.39. The summed E-state index contributed by atoms with van der Waals surface area (Å²) in [6, 6.07) is 9.36. The van der Waals surface area contributed by atoms with Gasteiger partial charge in [-0.1, -0.05) is 6.07 Å². The summed E-state index contributed by atoms with van der Waals surface area (Å²) in [5.41, 5.74) is 2.01. The molecule has 0 saturated heterocycles. The summed E-state index contributed by atoms with van der Waals surface area (Å²) in [6.07, 6.45) is 1.58. The Labute approximate surface area is 135 Å². The Hall–Kier alpha value is -2.56. The molecule has 1 aliphatic rings. The molecule has 3 rings (SSSR count). The molecule has 0 aromatic heterocycles. The zero-order chi connectivity index (χ0) is 16.4. The highest BCUT2D eigenvalue weighted by Crippen LogP contribution is 2.43. The Morgan fingerprint density at radius 2 is 1.87 bits per heavy atom. The number of hydrogen-bond acceptors (Lipinski definition) is 5. The minimum atomic E-state index is -0.152. The SMILES string of the molecule is COc1ccc2c(c1)OC(c1cc(O)c(OC)c(OC)c1)CC2. The first-order chi connectivity index (χ1) is 11.2. The van der Waals surface area contributed by atoms with Gasteiger partial charge in [-0.15, -0.1) is 0 Å². The highest BCUT2D eigenvalue weighted by molar-refractivity contribution is 5.54. The number of phenolic OH excluding ortho intramolecular Hbond substituents is 1.